The van der Waals surface area contributed by atoms with E-state index in [0.717, 1.165) is 28.7 Å². The summed E-state index contributed by atoms with van der Waals surface area (Å²) in [5.74, 6) is -0.762. The van der Waals surface area contributed by atoms with Crippen LogP contribution in [0.3, 0.4) is 0 Å². The normalized spacial score (nSPS) is 19.2. The summed E-state index contributed by atoms with van der Waals surface area (Å²) in [5, 5.41) is 10.1. The monoisotopic (exact) mass is 548 g/mol. The molecule has 0 radical (unpaired) electrons. The van der Waals surface area contributed by atoms with Crippen molar-refractivity contribution in [1.29, 1.82) is 0 Å². The molecule has 2 aromatic rings. The third-order valence-electron chi connectivity index (χ3n) is 6.94. The quantitative estimate of drug-likeness (QED) is 0.415. The molecule has 2 atom stereocenters. The van der Waals surface area contributed by atoms with E-state index in [1.165, 1.54) is 4.90 Å². The predicted octanol–water partition coefficient (Wildman–Crippen LogP) is 5.63. The van der Waals surface area contributed by atoms with Gasteiger partial charge in [0.25, 0.3) is 0 Å². The van der Waals surface area contributed by atoms with Crippen LogP contribution in [0, 0.1) is 0 Å². The van der Waals surface area contributed by atoms with Crippen molar-refractivity contribution in [2.45, 2.75) is 76.0 Å². The van der Waals surface area contributed by atoms with E-state index in [2.05, 4.69) is 16.9 Å². The standard InChI is InChI=1S/C28H37ClN2O5S/c1-27(2,3)37(34)30-25(24-17-22(29)16-21-19-31(26(32)33)13-11-23(21)24)10-12-28(35-14-7-15-36-28)18-20-8-5-4-6-9-20/h4-6,8-9,16-17,25,30H,7,10-15,18-19H2,1-3H3,(H,32,33). The number of ether oxygens (including phenoxy) is 2. The van der Waals surface area contributed by atoms with E-state index < -0.39 is 28.0 Å². The maximum Gasteiger partial charge on any atom is 0.407 e. The van der Waals surface area contributed by atoms with E-state index >= 15 is 0 Å². The van der Waals surface area contributed by atoms with Gasteiger partial charge in [-0.25, -0.2) is 4.79 Å². The fourth-order valence-corrected chi connectivity index (χ4v) is 6.08. The number of rotatable bonds is 8. The molecule has 0 spiro atoms. The molecule has 9 heteroatoms. The van der Waals surface area contributed by atoms with E-state index in [1.807, 2.05) is 51.1 Å². The van der Waals surface area contributed by atoms with Gasteiger partial charge in [-0.05, 0) is 74.4 Å². The van der Waals surface area contributed by atoms with Gasteiger partial charge in [0.05, 0.1) is 19.3 Å². The highest BCUT2D eigenvalue weighted by atomic mass is 35.5. The first-order valence-electron chi connectivity index (χ1n) is 12.9. The number of nitrogens with one attached hydrogen (secondary N) is 1. The van der Waals surface area contributed by atoms with Crippen molar-refractivity contribution in [2.24, 2.45) is 0 Å². The first kappa shape index (κ1) is 28.2. The molecular weight excluding hydrogens is 512 g/mol. The Bertz CT molecular complexity index is 1070. The largest absolute Gasteiger partial charge is 0.598 e. The minimum absolute atomic E-state index is 0.273. The molecule has 0 bridgehead atoms. The van der Waals surface area contributed by atoms with Gasteiger partial charge in [-0.3, -0.25) is 0 Å². The van der Waals surface area contributed by atoms with E-state index in [0.29, 0.717) is 50.5 Å². The summed E-state index contributed by atoms with van der Waals surface area (Å²) >= 11 is 5.22. The van der Waals surface area contributed by atoms with Crippen LogP contribution in [0.15, 0.2) is 42.5 Å². The van der Waals surface area contributed by atoms with Gasteiger partial charge >= 0.3 is 6.09 Å². The van der Waals surface area contributed by atoms with Crippen molar-refractivity contribution < 1.29 is 23.9 Å². The van der Waals surface area contributed by atoms with Crippen LogP contribution in [0.4, 0.5) is 4.79 Å². The van der Waals surface area contributed by atoms with Crippen LogP contribution in [-0.4, -0.2) is 50.9 Å². The molecular formula is C28H37ClN2O5S. The van der Waals surface area contributed by atoms with Gasteiger partial charge in [0.1, 0.15) is 4.75 Å². The third-order valence-corrected chi connectivity index (χ3v) is 8.76. The Morgan fingerprint density at radius 2 is 1.95 bits per heavy atom. The van der Waals surface area contributed by atoms with Gasteiger partial charge in [-0.1, -0.05) is 41.9 Å². The molecule has 4 rings (SSSR count). The number of amides is 1. The van der Waals surface area contributed by atoms with Crippen molar-refractivity contribution >= 4 is 29.1 Å². The molecule has 0 saturated carbocycles. The molecule has 1 amide bonds. The zero-order valence-corrected chi connectivity index (χ0v) is 23.4. The highest BCUT2D eigenvalue weighted by Gasteiger charge is 2.38. The number of carbonyl (C=O) groups is 1. The SMILES string of the molecule is CC(C)(C)[S+]([O-])NC(CCC1(Cc2ccccc2)OCCCO1)c1cc(Cl)cc2c1CCN(C(=O)O)C2. The van der Waals surface area contributed by atoms with Crippen LogP contribution < -0.4 is 4.72 Å². The maximum absolute atomic E-state index is 13.3. The number of fused-ring (bicyclic) bond motifs is 1. The van der Waals surface area contributed by atoms with Gasteiger partial charge in [0.2, 0.25) is 0 Å². The summed E-state index contributed by atoms with van der Waals surface area (Å²) in [4.78, 5) is 13.0. The maximum atomic E-state index is 13.3. The summed E-state index contributed by atoms with van der Waals surface area (Å²) in [7, 11) is 0. The lowest BCUT2D eigenvalue weighted by molar-refractivity contribution is -0.270. The molecule has 37 heavy (non-hydrogen) atoms. The zero-order valence-electron chi connectivity index (χ0n) is 21.8. The average Bonchev–Trinajstić information content (AvgIpc) is 2.86. The van der Waals surface area contributed by atoms with Crippen LogP contribution in [-0.2, 0) is 40.2 Å². The Hall–Kier alpha value is -1.81. The smallest absolute Gasteiger partial charge is 0.407 e. The summed E-state index contributed by atoms with van der Waals surface area (Å²) in [6.07, 6.45) is 2.34. The second-order valence-electron chi connectivity index (χ2n) is 10.8. The van der Waals surface area contributed by atoms with Crippen molar-refractivity contribution in [3.63, 3.8) is 0 Å². The minimum atomic E-state index is -1.33. The Balaban J connectivity index is 1.64. The number of hydrogen-bond donors (Lipinski definition) is 2. The average molecular weight is 549 g/mol. The van der Waals surface area contributed by atoms with E-state index in [9.17, 15) is 14.5 Å². The second kappa shape index (κ2) is 11.9. The molecule has 0 aromatic heterocycles. The molecule has 2 N–H and O–H groups in total. The molecule has 0 aliphatic carbocycles. The number of hydrogen-bond acceptors (Lipinski definition) is 5. The van der Waals surface area contributed by atoms with Crippen LogP contribution in [0.5, 0.6) is 0 Å². The molecule has 2 heterocycles. The third kappa shape index (κ3) is 7.19. The molecule has 2 aromatic carbocycles. The lowest BCUT2D eigenvalue weighted by atomic mass is 9.88. The molecule has 2 aliphatic heterocycles. The van der Waals surface area contributed by atoms with Crippen LogP contribution in [0.1, 0.15) is 68.3 Å². The summed E-state index contributed by atoms with van der Waals surface area (Å²) < 4.78 is 28.8. The molecule has 2 aliphatic rings. The lowest BCUT2D eigenvalue weighted by Gasteiger charge is -2.39. The first-order valence-corrected chi connectivity index (χ1v) is 14.4. The first-order chi connectivity index (χ1) is 17.6. The highest BCUT2D eigenvalue weighted by Crippen LogP contribution is 2.37. The summed E-state index contributed by atoms with van der Waals surface area (Å²) in [6.45, 7) is 7.79. The Kier molecular flexibility index (Phi) is 9.09. The molecule has 1 fully saturated rings. The fraction of sp³-hybridized carbons (Fsp3) is 0.536. The Labute approximate surface area is 227 Å². The van der Waals surface area contributed by atoms with Crippen LogP contribution in [0.25, 0.3) is 0 Å². The molecule has 202 valence electrons. The molecule has 7 nitrogen and oxygen atoms in total. The fourth-order valence-electron chi connectivity index (χ4n) is 4.97. The van der Waals surface area contributed by atoms with E-state index in [1.54, 1.807) is 0 Å². The summed E-state index contributed by atoms with van der Waals surface area (Å²) in [6, 6.07) is 13.7. The van der Waals surface area contributed by atoms with Crippen molar-refractivity contribution in [1.82, 2.24) is 9.62 Å². The van der Waals surface area contributed by atoms with Gasteiger partial charge in [0.15, 0.2) is 5.79 Å². The topological polar surface area (TPSA) is 94.1 Å². The second-order valence-corrected chi connectivity index (χ2v) is 13.2. The predicted molar refractivity (Wildman–Crippen MR) is 146 cm³/mol. The van der Waals surface area contributed by atoms with Crippen molar-refractivity contribution in [3.05, 3.63) is 69.7 Å². The minimum Gasteiger partial charge on any atom is -0.598 e. The van der Waals surface area contributed by atoms with Crippen LogP contribution >= 0.6 is 11.6 Å². The molecule has 1 saturated heterocycles. The van der Waals surface area contributed by atoms with Gasteiger partial charge in [-0.15, -0.1) is 4.72 Å². The highest BCUT2D eigenvalue weighted by molar-refractivity contribution is 7.90. The van der Waals surface area contributed by atoms with Crippen molar-refractivity contribution in [3.8, 4) is 0 Å². The van der Waals surface area contributed by atoms with Gasteiger partial charge in [0, 0.05) is 42.3 Å². The lowest BCUT2D eigenvalue weighted by Crippen LogP contribution is -2.45. The van der Waals surface area contributed by atoms with E-state index in [-0.39, 0.29) is 12.6 Å². The summed E-state index contributed by atoms with van der Waals surface area (Å²) in [5.41, 5.74) is 4.08. The number of benzene rings is 2. The molecule has 2 unspecified atom stereocenters. The zero-order chi connectivity index (χ0) is 26.6. The Morgan fingerprint density at radius 3 is 2.59 bits per heavy atom. The number of carboxylic acid groups (broad SMARTS) is 1. The van der Waals surface area contributed by atoms with Gasteiger partial charge < -0.3 is 24.0 Å². The van der Waals surface area contributed by atoms with Crippen LogP contribution in [0.2, 0.25) is 5.02 Å². The Morgan fingerprint density at radius 1 is 1.24 bits per heavy atom. The number of nitrogens with zero attached hydrogens (tertiary/aromatic N) is 1. The van der Waals surface area contributed by atoms with Crippen molar-refractivity contribution in [2.75, 3.05) is 19.8 Å². The number of halogens is 1. The van der Waals surface area contributed by atoms with Gasteiger partial charge in [-0.2, -0.15) is 0 Å². The van der Waals surface area contributed by atoms with E-state index in [4.69, 9.17) is 21.1 Å².